The first kappa shape index (κ1) is 22.9. The van der Waals surface area contributed by atoms with Gasteiger partial charge in [-0.3, -0.25) is 9.69 Å². The molecular weight excluding hydrogens is 394 g/mol. The Morgan fingerprint density at radius 1 is 1.10 bits per heavy atom. The van der Waals surface area contributed by atoms with Gasteiger partial charge in [-0.15, -0.1) is 0 Å². The highest BCUT2D eigenvalue weighted by Gasteiger charge is 2.42. The summed E-state index contributed by atoms with van der Waals surface area (Å²) in [7, 11) is 1.65. The molecule has 0 aliphatic carbocycles. The van der Waals surface area contributed by atoms with Gasteiger partial charge in [-0.1, -0.05) is 24.3 Å². The summed E-state index contributed by atoms with van der Waals surface area (Å²) >= 11 is 0. The van der Waals surface area contributed by atoms with Gasteiger partial charge in [-0.05, 0) is 70.0 Å². The lowest BCUT2D eigenvalue weighted by atomic mass is 9.73. The van der Waals surface area contributed by atoms with Crippen molar-refractivity contribution in [2.75, 3.05) is 33.4 Å². The van der Waals surface area contributed by atoms with Crippen molar-refractivity contribution in [1.82, 2.24) is 4.90 Å². The second-order valence-corrected chi connectivity index (χ2v) is 8.00. The fourth-order valence-corrected chi connectivity index (χ4v) is 4.26. The average Bonchev–Trinajstić information content (AvgIpc) is 2.78. The third kappa shape index (κ3) is 5.50. The topological polar surface area (TPSA) is 68.2 Å². The quantitative estimate of drug-likeness (QED) is 0.606. The van der Waals surface area contributed by atoms with Crippen molar-refractivity contribution in [2.45, 2.75) is 39.7 Å². The number of para-hydroxylation sites is 1. The molecule has 168 valence electrons. The van der Waals surface area contributed by atoms with Crippen LogP contribution in [0.4, 0.5) is 0 Å². The molecule has 0 spiro atoms. The zero-order valence-electron chi connectivity index (χ0n) is 18.7. The highest BCUT2D eigenvalue weighted by Crippen LogP contribution is 2.38. The van der Waals surface area contributed by atoms with Gasteiger partial charge in [0, 0.05) is 12.1 Å². The van der Waals surface area contributed by atoms with E-state index in [9.17, 15) is 9.90 Å². The Hall–Kier alpha value is -2.73. The predicted octanol–water partition coefficient (Wildman–Crippen LogP) is 4.19. The van der Waals surface area contributed by atoms with E-state index in [1.807, 2.05) is 50.2 Å². The first-order valence-corrected chi connectivity index (χ1v) is 11.0. The van der Waals surface area contributed by atoms with Crippen molar-refractivity contribution in [3.63, 3.8) is 0 Å². The van der Waals surface area contributed by atoms with Gasteiger partial charge in [0.1, 0.15) is 5.75 Å². The Kier molecular flexibility index (Phi) is 7.80. The van der Waals surface area contributed by atoms with Crippen molar-refractivity contribution < 1.29 is 24.1 Å². The molecule has 2 aromatic carbocycles. The molecule has 1 aliphatic rings. The SMILES string of the molecule is CCOC(=O)C1(Cc2cccc(OC)c2)CCN(Cc2cccc(OCC)c2O)CC1. The number of methoxy groups -OCH3 is 1. The van der Waals surface area contributed by atoms with E-state index in [0.717, 1.165) is 30.0 Å². The molecule has 1 fully saturated rings. The van der Waals surface area contributed by atoms with Crippen LogP contribution in [0.1, 0.15) is 37.8 Å². The van der Waals surface area contributed by atoms with Crippen LogP contribution in [-0.2, 0) is 22.5 Å². The van der Waals surface area contributed by atoms with Crippen molar-refractivity contribution in [3.05, 3.63) is 53.6 Å². The number of hydrogen-bond donors (Lipinski definition) is 1. The molecule has 3 rings (SSSR count). The minimum atomic E-state index is -0.548. The molecule has 6 heteroatoms. The number of likely N-dealkylation sites (tertiary alicyclic amines) is 1. The van der Waals surface area contributed by atoms with Gasteiger partial charge >= 0.3 is 5.97 Å². The normalized spacial score (nSPS) is 16.0. The smallest absolute Gasteiger partial charge is 0.312 e. The number of carbonyl (C=O) groups is 1. The van der Waals surface area contributed by atoms with Crippen molar-refractivity contribution in [2.24, 2.45) is 5.41 Å². The van der Waals surface area contributed by atoms with Crippen LogP contribution in [-0.4, -0.2) is 49.4 Å². The summed E-state index contributed by atoms with van der Waals surface area (Å²) in [5.74, 6) is 1.37. The van der Waals surface area contributed by atoms with Crippen molar-refractivity contribution in [3.8, 4) is 17.2 Å². The summed E-state index contributed by atoms with van der Waals surface area (Å²) in [6.07, 6.45) is 2.03. The van der Waals surface area contributed by atoms with Gasteiger partial charge in [0.05, 0.1) is 25.7 Å². The summed E-state index contributed by atoms with van der Waals surface area (Å²) in [5, 5.41) is 10.5. The summed E-state index contributed by atoms with van der Waals surface area (Å²) in [4.78, 5) is 15.3. The zero-order valence-corrected chi connectivity index (χ0v) is 18.7. The number of aromatic hydroxyl groups is 1. The van der Waals surface area contributed by atoms with Gasteiger partial charge in [-0.2, -0.15) is 0 Å². The first-order valence-electron chi connectivity index (χ1n) is 11.0. The predicted molar refractivity (Wildman–Crippen MR) is 120 cm³/mol. The molecule has 1 heterocycles. The fraction of sp³-hybridized carbons (Fsp3) is 0.480. The lowest BCUT2D eigenvalue weighted by molar-refractivity contribution is -0.158. The highest BCUT2D eigenvalue weighted by atomic mass is 16.5. The van der Waals surface area contributed by atoms with E-state index in [0.29, 0.717) is 44.8 Å². The molecule has 6 nitrogen and oxygen atoms in total. The molecule has 0 amide bonds. The molecule has 0 aromatic heterocycles. The number of nitrogens with zero attached hydrogens (tertiary/aromatic N) is 1. The maximum absolute atomic E-state index is 13.0. The van der Waals surface area contributed by atoms with Crippen LogP contribution in [0, 0.1) is 5.41 Å². The molecular formula is C25H33NO5. The minimum absolute atomic E-state index is 0.126. The average molecular weight is 428 g/mol. The summed E-state index contributed by atoms with van der Waals surface area (Å²) in [5.41, 5.74) is 1.36. The maximum Gasteiger partial charge on any atom is 0.312 e. The summed E-state index contributed by atoms with van der Waals surface area (Å²) in [6, 6.07) is 13.5. The van der Waals surface area contributed by atoms with Crippen molar-refractivity contribution >= 4 is 5.97 Å². The van der Waals surface area contributed by atoms with E-state index in [1.165, 1.54) is 0 Å². The van der Waals surface area contributed by atoms with Gasteiger partial charge in [-0.25, -0.2) is 0 Å². The number of esters is 1. The third-order valence-electron chi connectivity index (χ3n) is 5.97. The Morgan fingerprint density at radius 3 is 2.52 bits per heavy atom. The Balaban J connectivity index is 1.72. The fourth-order valence-electron chi connectivity index (χ4n) is 4.26. The number of hydrogen-bond acceptors (Lipinski definition) is 6. The summed E-state index contributed by atoms with van der Waals surface area (Å²) in [6.45, 7) is 6.75. The number of benzene rings is 2. The lowest BCUT2D eigenvalue weighted by Gasteiger charge is -2.40. The molecule has 1 aliphatic heterocycles. The van der Waals surface area contributed by atoms with Crippen LogP contribution in [0.3, 0.4) is 0 Å². The van der Waals surface area contributed by atoms with E-state index < -0.39 is 5.41 Å². The Morgan fingerprint density at radius 2 is 1.84 bits per heavy atom. The second kappa shape index (κ2) is 10.5. The van der Waals surface area contributed by atoms with Crippen LogP contribution in [0.25, 0.3) is 0 Å². The molecule has 1 N–H and O–H groups in total. The van der Waals surface area contributed by atoms with E-state index in [2.05, 4.69) is 4.90 Å². The van der Waals surface area contributed by atoms with Crippen LogP contribution in [0.15, 0.2) is 42.5 Å². The minimum Gasteiger partial charge on any atom is -0.504 e. The van der Waals surface area contributed by atoms with E-state index >= 15 is 0 Å². The number of ether oxygens (including phenoxy) is 3. The second-order valence-electron chi connectivity index (χ2n) is 8.00. The number of phenols is 1. The van der Waals surface area contributed by atoms with Gasteiger partial charge in [0.15, 0.2) is 11.5 Å². The largest absolute Gasteiger partial charge is 0.504 e. The van der Waals surface area contributed by atoms with Crippen LogP contribution < -0.4 is 9.47 Å². The number of phenolic OH excluding ortho intramolecular Hbond substituents is 1. The third-order valence-corrected chi connectivity index (χ3v) is 5.97. The van der Waals surface area contributed by atoms with Crippen LogP contribution >= 0.6 is 0 Å². The van der Waals surface area contributed by atoms with E-state index in [-0.39, 0.29) is 11.7 Å². The van der Waals surface area contributed by atoms with E-state index in [4.69, 9.17) is 14.2 Å². The molecule has 0 radical (unpaired) electrons. The van der Waals surface area contributed by atoms with E-state index in [1.54, 1.807) is 13.2 Å². The maximum atomic E-state index is 13.0. The van der Waals surface area contributed by atoms with Crippen LogP contribution in [0.5, 0.6) is 17.2 Å². The van der Waals surface area contributed by atoms with Crippen molar-refractivity contribution in [1.29, 1.82) is 0 Å². The van der Waals surface area contributed by atoms with Crippen LogP contribution in [0.2, 0.25) is 0 Å². The lowest BCUT2D eigenvalue weighted by Crippen LogP contribution is -2.46. The van der Waals surface area contributed by atoms with Gasteiger partial charge in [0.25, 0.3) is 0 Å². The molecule has 31 heavy (non-hydrogen) atoms. The number of carbonyl (C=O) groups excluding carboxylic acids is 1. The van der Waals surface area contributed by atoms with Gasteiger partial charge in [0.2, 0.25) is 0 Å². The molecule has 2 aromatic rings. The zero-order chi connectivity index (χ0) is 22.3. The Bertz CT molecular complexity index is 874. The van der Waals surface area contributed by atoms with Gasteiger partial charge < -0.3 is 19.3 Å². The Labute approximate surface area is 184 Å². The monoisotopic (exact) mass is 427 g/mol. The molecule has 1 saturated heterocycles. The molecule has 0 unspecified atom stereocenters. The highest BCUT2D eigenvalue weighted by molar-refractivity contribution is 5.77. The molecule has 0 bridgehead atoms. The molecule has 0 atom stereocenters. The molecule has 0 saturated carbocycles. The first-order chi connectivity index (χ1) is 15.0. The summed E-state index contributed by atoms with van der Waals surface area (Å²) < 4.78 is 16.3. The number of piperidine rings is 1. The standard InChI is InChI=1S/C25H33NO5/c1-4-30-22-11-7-9-20(23(22)27)18-26-14-12-25(13-15-26,24(28)31-5-2)17-19-8-6-10-21(16-19)29-3/h6-11,16,27H,4-5,12-15,17-18H2,1-3H3. The number of rotatable bonds is 9.